The number of benzene rings is 1. The Morgan fingerprint density at radius 3 is 2.72 bits per heavy atom. The molecular weight excluding hydrogens is 316 g/mol. The van der Waals surface area contributed by atoms with E-state index in [1.54, 1.807) is 29.5 Å². The van der Waals surface area contributed by atoms with Crippen LogP contribution in [0, 0.1) is 0 Å². The third-order valence-corrected chi connectivity index (χ3v) is 3.87. The number of ether oxygens (including phenoxy) is 1. The van der Waals surface area contributed by atoms with Crippen LogP contribution in [0.25, 0.3) is 0 Å². The van der Waals surface area contributed by atoms with Gasteiger partial charge in [-0.05, 0) is 40.2 Å². The van der Waals surface area contributed by atoms with Gasteiger partial charge in [0.25, 0.3) is 5.91 Å². The molecule has 1 aromatic heterocycles. The lowest BCUT2D eigenvalue weighted by molar-refractivity contribution is 0.0996. The Labute approximate surface area is 117 Å². The molecule has 18 heavy (non-hydrogen) atoms. The molecule has 94 valence electrons. The Bertz CT molecular complexity index is 583. The summed E-state index contributed by atoms with van der Waals surface area (Å²) in [7, 11) is 0. The molecule has 0 aliphatic rings. The van der Waals surface area contributed by atoms with E-state index in [9.17, 15) is 4.79 Å². The molecule has 0 saturated heterocycles. The van der Waals surface area contributed by atoms with E-state index in [2.05, 4.69) is 15.9 Å². The van der Waals surface area contributed by atoms with Gasteiger partial charge in [-0.2, -0.15) is 0 Å². The number of primary amides is 1. The summed E-state index contributed by atoms with van der Waals surface area (Å²) < 4.78 is 6.62. The third-order valence-electron chi connectivity index (χ3n) is 2.27. The highest BCUT2D eigenvalue weighted by Gasteiger charge is 2.10. The van der Waals surface area contributed by atoms with Crippen LogP contribution in [0.4, 0.5) is 5.69 Å². The van der Waals surface area contributed by atoms with Crippen LogP contribution in [-0.4, -0.2) is 5.91 Å². The monoisotopic (exact) mass is 326 g/mol. The minimum Gasteiger partial charge on any atom is -0.487 e. The zero-order valence-corrected chi connectivity index (χ0v) is 11.8. The van der Waals surface area contributed by atoms with Crippen LogP contribution >= 0.6 is 27.3 Å². The summed E-state index contributed by atoms with van der Waals surface area (Å²) in [6, 6.07) is 8.68. The van der Waals surface area contributed by atoms with Gasteiger partial charge in [-0.1, -0.05) is 0 Å². The third kappa shape index (κ3) is 3.02. The maximum absolute atomic E-state index is 11.2. The van der Waals surface area contributed by atoms with Crippen molar-refractivity contribution in [3.05, 3.63) is 44.6 Å². The number of amides is 1. The minimum atomic E-state index is -0.530. The minimum absolute atomic E-state index is 0.333. The molecule has 0 saturated carbocycles. The second-order valence-electron chi connectivity index (χ2n) is 3.61. The first-order valence-electron chi connectivity index (χ1n) is 5.12. The van der Waals surface area contributed by atoms with Gasteiger partial charge < -0.3 is 16.2 Å². The van der Waals surface area contributed by atoms with Crippen molar-refractivity contribution in [2.24, 2.45) is 5.73 Å². The number of halogens is 1. The zero-order valence-electron chi connectivity index (χ0n) is 9.35. The predicted octanol–water partition coefficient (Wildman–Crippen LogP) is 2.77. The highest BCUT2D eigenvalue weighted by Crippen LogP contribution is 2.26. The predicted molar refractivity (Wildman–Crippen MR) is 75.7 cm³/mol. The zero-order chi connectivity index (χ0) is 13.1. The number of carbonyl (C=O) groups is 1. The summed E-state index contributed by atoms with van der Waals surface area (Å²) >= 11 is 4.95. The molecule has 1 amide bonds. The van der Waals surface area contributed by atoms with E-state index in [4.69, 9.17) is 16.2 Å². The van der Waals surface area contributed by atoms with E-state index in [1.165, 1.54) is 0 Å². The van der Waals surface area contributed by atoms with Crippen LogP contribution in [0.3, 0.4) is 0 Å². The van der Waals surface area contributed by atoms with Crippen molar-refractivity contribution in [1.29, 1.82) is 0 Å². The fourth-order valence-corrected chi connectivity index (χ4v) is 2.84. The van der Waals surface area contributed by atoms with E-state index in [0.29, 0.717) is 23.6 Å². The second-order valence-corrected chi connectivity index (χ2v) is 6.16. The molecule has 2 aromatic rings. The number of carbonyl (C=O) groups excluding carboxylic acids is 1. The van der Waals surface area contributed by atoms with E-state index >= 15 is 0 Å². The van der Waals surface area contributed by atoms with Crippen molar-refractivity contribution in [3.8, 4) is 5.75 Å². The number of nitrogen functional groups attached to an aromatic ring is 1. The van der Waals surface area contributed by atoms with Crippen LogP contribution < -0.4 is 16.2 Å². The van der Waals surface area contributed by atoms with Crippen LogP contribution in [0.5, 0.6) is 5.75 Å². The number of nitrogens with two attached hydrogens (primary N) is 2. The molecule has 0 fully saturated rings. The highest BCUT2D eigenvalue weighted by atomic mass is 79.9. The summed E-state index contributed by atoms with van der Waals surface area (Å²) in [5.41, 5.74) is 11.8. The normalized spacial score (nSPS) is 10.3. The fraction of sp³-hybridized carbons (Fsp3) is 0.0833. The molecule has 1 heterocycles. The van der Waals surface area contributed by atoms with E-state index < -0.39 is 5.91 Å². The fourth-order valence-electron chi connectivity index (χ4n) is 1.44. The Morgan fingerprint density at radius 1 is 1.33 bits per heavy atom. The number of rotatable bonds is 4. The van der Waals surface area contributed by atoms with Gasteiger partial charge in [0.05, 0.1) is 9.35 Å². The van der Waals surface area contributed by atoms with Gasteiger partial charge in [0.15, 0.2) is 0 Å². The highest BCUT2D eigenvalue weighted by molar-refractivity contribution is 9.11. The SMILES string of the molecule is NC(=O)c1ccc(N)cc1OCc1ccc(Br)s1. The van der Waals surface area contributed by atoms with Crippen molar-refractivity contribution < 1.29 is 9.53 Å². The maximum atomic E-state index is 11.2. The smallest absolute Gasteiger partial charge is 0.252 e. The number of thiophene rings is 1. The van der Waals surface area contributed by atoms with Gasteiger partial charge in [0, 0.05) is 16.6 Å². The second kappa shape index (κ2) is 5.41. The van der Waals surface area contributed by atoms with E-state index in [1.807, 2.05) is 12.1 Å². The van der Waals surface area contributed by atoms with Crippen LogP contribution in [0.2, 0.25) is 0 Å². The van der Waals surface area contributed by atoms with E-state index in [-0.39, 0.29) is 0 Å². The average Bonchev–Trinajstić information content (AvgIpc) is 2.72. The van der Waals surface area contributed by atoms with Crippen molar-refractivity contribution in [3.63, 3.8) is 0 Å². The molecule has 0 aliphatic heterocycles. The molecule has 0 spiro atoms. The van der Waals surface area contributed by atoms with Crippen molar-refractivity contribution in [1.82, 2.24) is 0 Å². The molecule has 0 bridgehead atoms. The summed E-state index contributed by atoms with van der Waals surface area (Å²) in [6.45, 7) is 0.375. The molecular formula is C12H11BrN2O2S. The van der Waals surface area contributed by atoms with Crippen molar-refractivity contribution >= 4 is 38.9 Å². The Balaban J connectivity index is 2.17. The summed E-state index contributed by atoms with van der Waals surface area (Å²) in [6.07, 6.45) is 0. The molecule has 0 unspecified atom stereocenters. The first kappa shape index (κ1) is 12.9. The first-order chi connectivity index (χ1) is 8.56. The van der Waals surface area contributed by atoms with Gasteiger partial charge in [0.2, 0.25) is 0 Å². The standard InChI is InChI=1S/C12H11BrN2O2S/c13-11-4-2-8(18-11)6-17-10-5-7(14)1-3-9(10)12(15)16/h1-5H,6,14H2,(H2,15,16). The molecule has 2 rings (SSSR count). The lowest BCUT2D eigenvalue weighted by Gasteiger charge is -2.09. The van der Waals surface area contributed by atoms with Gasteiger partial charge in [-0.25, -0.2) is 0 Å². The maximum Gasteiger partial charge on any atom is 0.252 e. The van der Waals surface area contributed by atoms with Gasteiger partial charge in [-0.15, -0.1) is 11.3 Å². The molecule has 0 atom stereocenters. The van der Waals surface area contributed by atoms with Crippen LogP contribution in [0.15, 0.2) is 34.1 Å². The molecule has 4 nitrogen and oxygen atoms in total. The van der Waals surface area contributed by atoms with Gasteiger partial charge in [-0.3, -0.25) is 4.79 Å². The Morgan fingerprint density at radius 2 is 2.11 bits per heavy atom. The number of hydrogen-bond acceptors (Lipinski definition) is 4. The summed E-state index contributed by atoms with van der Waals surface area (Å²) in [5.74, 6) is -0.121. The van der Waals surface area contributed by atoms with E-state index in [0.717, 1.165) is 8.66 Å². The first-order valence-corrected chi connectivity index (χ1v) is 6.73. The Kier molecular flexibility index (Phi) is 3.88. The van der Waals surface area contributed by atoms with Crippen molar-refractivity contribution in [2.45, 2.75) is 6.61 Å². The molecule has 0 aliphatic carbocycles. The molecule has 4 N–H and O–H groups in total. The van der Waals surface area contributed by atoms with Gasteiger partial charge in [0.1, 0.15) is 12.4 Å². The van der Waals surface area contributed by atoms with Crippen LogP contribution in [0.1, 0.15) is 15.2 Å². The van der Waals surface area contributed by atoms with Gasteiger partial charge >= 0.3 is 0 Å². The lowest BCUT2D eigenvalue weighted by Crippen LogP contribution is -2.13. The topological polar surface area (TPSA) is 78.3 Å². The lowest BCUT2D eigenvalue weighted by atomic mass is 10.1. The summed E-state index contributed by atoms with van der Waals surface area (Å²) in [4.78, 5) is 12.3. The largest absolute Gasteiger partial charge is 0.487 e. The quantitative estimate of drug-likeness (QED) is 0.848. The number of anilines is 1. The summed E-state index contributed by atoms with van der Waals surface area (Å²) in [5, 5.41) is 0. The number of hydrogen-bond donors (Lipinski definition) is 2. The molecule has 6 heteroatoms. The molecule has 0 radical (unpaired) electrons. The average molecular weight is 327 g/mol. The molecule has 1 aromatic carbocycles. The van der Waals surface area contributed by atoms with Crippen molar-refractivity contribution in [2.75, 3.05) is 5.73 Å². The Hall–Kier alpha value is -1.53. The van der Waals surface area contributed by atoms with Crippen LogP contribution in [-0.2, 0) is 6.61 Å².